The van der Waals surface area contributed by atoms with E-state index < -0.39 is 0 Å². The van der Waals surface area contributed by atoms with E-state index in [-0.39, 0.29) is 23.9 Å². The van der Waals surface area contributed by atoms with E-state index in [4.69, 9.17) is 4.74 Å². The van der Waals surface area contributed by atoms with E-state index in [1.165, 1.54) is 4.88 Å². The molecule has 21 heavy (non-hydrogen) atoms. The van der Waals surface area contributed by atoms with Crippen molar-refractivity contribution >= 4 is 17.2 Å². The number of nitrogens with zero attached hydrogens (tertiary/aromatic N) is 1. The molecule has 0 aromatic carbocycles. The molecule has 2 atom stereocenters. The fourth-order valence-corrected chi connectivity index (χ4v) is 3.33. The van der Waals surface area contributed by atoms with Crippen molar-refractivity contribution in [3.05, 3.63) is 22.4 Å². The third-order valence-electron chi connectivity index (χ3n) is 3.87. The van der Waals surface area contributed by atoms with Crippen LogP contribution in [0.5, 0.6) is 0 Å². The summed E-state index contributed by atoms with van der Waals surface area (Å²) < 4.78 is 5.55. The molecule has 1 aliphatic heterocycles. The number of ether oxygens (including phenoxy) is 1. The van der Waals surface area contributed by atoms with Gasteiger partial charge in [0.1, 0.15) is 0 Å². The van der Waals surface area contributed by atoms with Crippen molar-refractivity contribution in [1.82, 2.24) is 10.2 Å². The van der Waals surface area contributed by atoms with Crippen LogP contribution in [0.1, 0.15) is 32.1 Å². The molecule has 0 spiro atoms. The van der Waals surface area contributed by atoms with Gasteiger partial charge in [-0.2, -0.15) is 0 Å². The minimum absolute atomic E-state index is 0.0566. The first-order valence-electron chi connectivity index (χ1n) is 7.77. The predicted octanol–water partition coefficient (Wildman–Crippen LogP) is 2.50. The smallest absolute Gasteiger partial charge is 0.230 e. The summed E-state index contributed by atoms with van der Waals surface area (Å²) in [5.74, 6) is 0.156. The summed E-state index contributed by atoms with van der Waals surface area (Å²) in [6.45, 7) is 9.10. The van der Waals surface area contributed by atoms with Crippen LogP contribution in [0.15, 0.2) is 17.5 Å². The molecule has 1 aliphatic rings. The van der Waals surface area contributed by atoms with Gasteiger partial charge >= 0.3 is 0 Å². The SMILES string of the molecule is CCCNC1COCC1C(=O)N(Cc1cccs1)C(C)C. The molecule has 0 aliphatic carbocycles. The molecule has 0 radical (unpaired) electrons. The first kappa shape index (κ1) is 16.5. The van der Waals surface area contributed by atoms with Gasteiger partial charge in [-0.1, -0.05) is 13.0 Å². The standard InChI is InChI=1S/C16H26N2O2S/c1-4-7-17-15-11-20-10-14(15)16(19)18(12(2)3)9-13-6-5-8-21-13/h5-6,8,12,14-15,17H,4,7,9-11H2,1-3H3. The molecule has 118 valence electrons. The number of carbonyl (C=O) groups excluding carboxylic acids is 1. The second-order valence-corrected chi connectivity index (χ2v) is 6.88. The minimum Gasteiger partial charge on any atom is -0.379 e. The maximum absolute atomic E-state index is 12.9. The zero-order valence-electron chi connectivity index (χ0n) is 13.2. The lowest BCUT2D eigenvalue weighted by atomic mass is 10.0. The van der Waals surface area contributed by atoms with Gasteiger partial charge < -0.3 is 15.0 Å². The molecule has 5 heteroatoms. The molecule has 1 N–H and O–H groups in total. The Labute approximate surface area is 131 Å². The van der Waals surface area contributed by atoms with Crippen molar-refractivity contribution in [2.75, 3.05) is 19.8 Å². The van der Waals surface area contributed by atoms with E-state index >= 15 is 0 Å². The molecule has 1 fully saturated rings. The summed E-state index contributed by atoms with van der Waals surface area (Å²) in [5.41, 5.74) is 0. The number of amides is 1. The third kappa shape index (κ3) is 4.28. The topological polar surface area (TPSA) is 41.6 Å². The van der Waals surface area contributed by atoms with E-state index in [1.807, 2.05) is 11.0 Å². The van der Waals surface area contributed by atoms with Crippen LogP contribution in [0.25, 0.3) is 0 Å². The van der Waals surface area contributed by atoms with E-state index in [2.05, 4.69) is 37.5 Å². The van der Waals surface area contributed by atoms with E-state index in [1.54, 1.807) is 11.3 Å². The lowest BCUT2D eigenvalue weighted by molar-refractivity contribution is -0.138. The van der Waals surface area contributed by atoms with E-state index in [0.29, 0.717) is 19.8 Å². The van der Waals surface area contributed by atoms with Crippen molar-refractivity contribution in [2.45, 2.75) is 45.8 Å². The Bertz CT molecular complexity index is 433. The first-order valence-corrected chi connectivity index (χ1v) is 8.65. The van der Waals surface area contributed by atoms with Crippen LogP contribution in [-0.2, 0) is 16.1 Å². The van der Waals surface area contributed by atoms with Gasteiger partial charge in [0, 0.05) is 17.0 Å². The maximum atomic E-state index is 12.9. The summed E-state index contributed by atoms with van der Waals surface area (Å²) in [7, 11) is 0. The number of hydrogen-bond donors (Lipinski definition) is 1. The second kappa shape index (κ2) is 7.92. The predicted molar refractivity (Wildman–Crippen MR) is 86.4 cm³/mol. The summed E-state index contributed by atoms with van der Waals surface area (Å²) in [6, 6.07) is 4.48. The fourth-order valence-electron chi connectivity index (χ4n) is 2.63. The Kier molecular flexibility index (Phi) is 6.21. The molecule has 2 heterocycles. The quantitative estimate of drug-likeness (QED) is 0.841. The van der Waals surface area contributed by atoms with Gasteiger partial charge in [0.05, 0.1) is 25.7 Å². The van der Waals surface area contributed by atoms with Crippen molar-refractivity contribution in [3.8, 4) is 0 Å². The second-order valence-electron chi connectivity index (χ2n) is 5.84. The van der Waals surface area contributed by atoms with E-state index in [9.17, 15) is 4.79 Å². The van der Waals surface area contributed by atoms with E-state index in [0.717, 1.165) is 13.0 Å². The lowest BCUT2D eigenvalue weighted by Crippen LogP contribution is -2.47. The monoisotopic (exact) mass is 310 g/mol. The Morgan fingerprint density at radius 3 is 2.95 bits per heavy atom. The number of hydrogen-bond acceptors (Lipinski definition) is 4. The molecule has 1 saturated heterocycles. The molecule has 1 aromatic rings. The molecule has 2 unspecified atom stereocenters. The van der Waals surface area contributed by atoms with Gasteiger partial charge in [-0.15, -0.1) is 11.3 Å². The van der Waals surface area contributed by atoms with Crippen molar-refractivity contribution in [1.29, 1.82) is 0 Å². The molecule has 0 saturated carbocycles. The van der Waals surface area contributed by atoms with Gasteiger partial charge in [0.2, 0.25) is 5.91 Å². The average molecular weight is 310 g/mol. The maximum Gasteiger partial charge on any atom is 0.230 e. The highest BCUT2D eigenvalue weighted by Crippen LogP contribution is 2.21. The fraction of sp³-hybridized carbons (Fsp3) is 0.688. The van der Waals surface area contributed by atoms with Crippen LogP contribution in [0.3, 0.4) is 0 Å². The zero-order chi connectivity index (χ0) is 15.2. The van der Waals surface area contributed by atoms with Crippen LogP contribution in [-0.4, -0.2) is 42.6 Å². The van der Waals surface area contributed by atoms with Crippen molar-refractivity contribution in [3.63, 3.8) is 0 Å². The average Bonchev–Trinajstić information content (AvgIpc) is 3.12. The normalized spacial score (nSPS) is 21.9. The van der Waals surface area contributed by atoms with Gasteiger partial charge in [-0.25, -0.2) is 0 Å². The Balaban J connectivity index is 2.03. The highest BCUT2D eigenvalue weighted by molar-refractivity contribution is 7.09. The molecular formula is C16H26N2O2S. The summed E-state index contributed by atoms with van der Waals surface area (Å²) >= 11 is 1.70. The molecule has 4 nitrogen and oxygen atoms in total. The van der Waals surface area contributed by atoms with Gasteiger partial charge in [0.15, 0.2) is 0 Å². The molecule has 2 rings (SSSR count). The molecule has 1 amide bonds. The highest BCUT2D eigenvalue weighted by Gasteiger charge is 2.36. The minimum atomic E-state index is -0.0566. The molecule has 0 bridgehead atoms. The van der Waals surface area contributed by atoms with Crippen molar-refractivity contribution in [2.24, 2.45) is 5.92 Å². The van der Waals surface area contributed by atoms with Crippen LogP contribution in [0, 0.1) is 5.92 Å². The van der Waals surface area contributed by atoms with Gasteiger partial charge in [-0.05, 0) is 38.3 Å². The molecule has 1 aromatic heterocycles. The number of carbonyl (C=O) groups is 1. The van der Waals surface area contributed by atoms with Crippen molar-refractivity contribution < 1.29 is 9.53 Å². The first-order chi connectivity index (χ1) is 10.1. The Morgan fingerprint density at radius 2 is 2.33 bits per heavy atom. The van der Waals surface area contributed by atoms with Gasteiger partial charge in [-0.3, -0.25) is 4.79 Å². The van der Waals surface area contributed by atoms with Crippen LogP contribution in [0.2, 0.25) is 0 Å². The molecular weight excluding hydrogens is 284 g/mol. The summed E-state index contributed by atoms with van der Waals surface area (Å²) in [6.07, 6.45) is 1.07. The third-order valence-corrected chi connectivity index (χ3v) is 4.73. The number of thiophene rings is 1. The van der Waals surface area contributed by atoms with Crippen LogP contribution in [0.4, 0.5) is 0 Å². The highest BCUT2D eigenvalue weighted by atomic mass is 32.1. The van der Waals surface area contributed by atoms with Crippen LogP contribution >= 0.6 is 11.3 Å². The number of nitrogens with one attached hydrogen (secondary N) is 1. The summed E-state index contributed by atoms with van der Waals surface area (Å²) in [4.78, 5) is 16.1. The van der Waals surface area contributed by atoms with Crippen LogP contribution < -0.4 is 5.32 Å². The summed E-state index contributed by atoms with van der Waals surface area (Å²) in [5, 5.41) is 5.50. The lowest BCUT2D eigenvalue weighted by Gasteiger charge is -2.30. The largest absolute Gasteiger partial charge is 0.379 e. The number of rotatable bonds is 7. The Morgan fingerprint density at radius 1 is 1.52 bits per heavy atom. The van der Waals surface area contributed by atoms with Gasteiger partial charge in [0.25, 0.3) is 0 Å². The zero-order valence-corrected chi connectivity index (χ0v) is 14.0. The Hall–Kier alpha value is -0.910.